The van der Waals surface area contributed by atoms with Gasteiger partial charge in [-0.15, -0.1) is 24.0 Å². The highest BCUT2D eigenvalue weighted by molar-refractivity contribution is 14.0. The number of carbonyl (C=O) groups is 1. The zero-order chi connectivity index (χ0) is 22.0. The molecule has 0 bridgehead atoms. The van der Waals surface area contributed by atoms with Crippen LogP contribution in [0.1, 0.15) is 51.7 Å². The average molecular weight is 546 g/mol. The third-order valence-corrected chi connectivity index (χ3v) is 4.81. The van der Waals surface area contributed by atoms with Crippen molar-refractivity contribution in [3.8, 4) is 5.75 Å². The summed E-state index contributed by atoms with van der Waals surface area (Å²) in [7, 11) is 0. The first-order valence-electron chi connectivity index (χ1n) is 10.9. The second kappa shape index (κ2) is 13.8. The Labute approximate surface area is 204 Å². The maximum absolute atomic E-state index is 12.0. The van der Waals surface area contributed by atoms with Crippen LogP contribution >= 0.6 is 24.0 Å². The molecule has 8 heteroatoms. The number of aryl methyl sites for hydroxylation is 1. The number of benzene rings is 1. The summed E-state index contributed by atoms with van der Waals surface area (Å²) >= 11 is 0. The van der Waals surface area contributed by atoms with Gasteiger partial charge in [-0.1, -0.05) is 32.9 Å². The molecule has 1 aromatic rings. The lowest BCUT2D eigenvalue weighted by molar-refractivity contribution is -0.128. The van der Waals surface area contributed by atoms with Crippen LogP contribution in [0.3, 0.4) is 0 Å². The average Bonchev–Trinajstić information content (AvgIpc) is 3.21. The number of rotatable bonds is 9. The fraction of sp³-hybridized carbons (Fsp3) is 0.652. The first kappa shape index (κ1) is 27.5. The predicted molar refractivity (Wildman–Crippen MR) is 136 cm³/mol. The summed E-state index contributed by atoms with van der Waals surface area (Å²) in [5, 5.41) is 9.45. The van der Waals surface area contributed by atoms with Crippen LogP contribution < -0.4 is 20.7 Å². The third kappa shape index (κ3) is 10.1. The van der Waals surface area contributed by atoms with Gasteiger partial charge in [0.2, 0.25) is 5.91 Å². The highest BCUT2D eigenvalue weighted by Crippen LogP contribution is 2.23. The largest absolute Gasteiger partial charge is 0.491 e. The van der Waals surface area contributed by atoms with E-state index in [1.165, 1.54) is 0 Å². The van der Waals surface area contributed by atoms with Crippen LogP contribution in [-0.4, -0.2) is 50.8 Å². The molecule has 31 heavy (non-hydrogen) atoms. The molecule has 2 rings (SSSR count). The zero-order valence-corrected chi connectivity index (χ0v) is 21.9. The molecule has 0 radical (unpaired) electrons. The monoisotopic (exact) mass is 546 g/mol. The summed E-state index contributed by atoms with van der Waals surface area (Å²) in [6.45, 7) is 13.6. The lowest BCUT2D eigenvalue weighted by Gasteiger charge is -2.18. The molecule has 176 valence electrons. The van der Waals surface area contributed by atoms with Crippen LogP contribution in [0.5, 0.6) is 5.75 Å². The van der Waals surface area contributed by atoms with E-state index in [9.17, 15) is 4.79 Å². The smallest absolute Gasteiger partial charge is 0.225 e. The van der Waals surface area contributed by atoms with Crippen molar-refractivity contribution >= 4 is 35.8 Å². The Morgan fingerprint density at radius 1 is 1.23 bits per heavy atom. The Morgan fingerprint density at radius 2 is 1.97 bits per heavy atom. The number of carbonyl (C=O) groups excluding carboxylic acids is 1. The number of nitrogens with zero attached hydrogens (tertiary/aromatic N) is 1. The highest BCUT2D eigenvalue weighted by atomic mass is 127. The minimum absolute atomic E-state index is 0. The maximum atomic E-state index is 12.0. The number of hydrogen-bond acceptors (Lipinski definition) is 4. The van der Waals surface area contributed by atoms with Gasteiger partial charge in [0.1, 0.15) is 12.4 Å². The number of nitrogens with one attached hydrogen (secondary N) is 3. The van der Waals surface area contributed by atoms with Crippen LogP contribution in [-0.2, 0) is 16.1 Å². The number of aliphatic imine (C=N–C) groups is 1. The number of ether oxygens (including phenoxy) is 2. The predicted octanol–water partition coefficient (Wildman–Crippen LogP) is 3.39. The Kier molecular flexibility index (Phi) is 12.2. The molecule has 1 aromatic carbocycles. The lowest BCUT2D eigenvalue weighted by Crippen LogP contribution is -2.43. The summed E-state index contributed by atoms with van der Waals surface area (Å²) in [6, 6.07) is 6.20. The first-order chi connectivity index (χ1) is 14.3. The molecule has 0 aliphatic carbocycles. The number of amides is 1. The third-order valence-electron chi connectivity index (χ3n) is 4.81. The molecule has 1 atom stereocenters. The molecular formula is C23H39IN4O3. The maximum Gasteiger partial charge on any atom is 0.225 e. The van der Waals surface area contributed by atoms with Crippen molar-refractivity contribution in [2.45, 2.75) is 60.1 Å². The zero-order valence-electron chi connectivity index (χ0n) is 19.5. The van der Waals surface area contributed by atoms with Crippen molar-refractivity contribution in [2.24, 2.45) is 10.4 Å². The van der Waals surface area contributed by atoms with E-state index < -0.39 is 0 Å². The van der Waals surface area contributed by atoms with Crippen molar-refractivity contribution in [3.05, 3.63) is 29.3 Å². The van der Waals surface area contributed by atoms with Gasteiger partial charge >= 0.3 is 0 Å². The van der Waals surface area contributed by atoms with Gasteiger partial charge in [0.05, 0.1) is 12.6 Å². The molecule has 1 aliphatic rings. The minimum atomic E-state index is -0.385. The van der Waals surface area contributed by atoms with Crippen molar-refractivity contribution in [1.82, 2.24) is 16.0 Å². The molecule has 3 N–H and O–H groups in total. The molecule has 1 aliphatic heterocycles. The molecule has 1 fully saturated rings. The van der Waals surface area contributed by atoms with Crippen LogP contribution in [0.15, 0.2) is 23.2 Å². The second-order valence-electron chi connectivity index (χ2n) is 8.69. The van der Waals surface area contributed by atoms with E-state index in [1.54, 1.807) is 0 Å². The molecule has 1 heterocycles. The molecule has 1 unspecified atom stereocenters. The minimum Gasteiger partial charge on any atom is -0.491 e. The van der Waals surface area contributed by atoms with Gasteiger partial charge in [-0.3, -0.25) is 4.79 Å². The summed E-state index contributed by atoms with van der Waals surface area (Å²) in [5.41, 5.74) is 1.81. The van der Waals surface area contributed by atoms with E-state index in [0.717, 1.165) is 42.9 Å². The van der Waals surface area contributed by atoms with Gasteiger partial charge in [0, 0.05) is 37.2 Å². The summed E-state index contributed by atoms with van der Waals surface area (Å²) in [5.74, 6) is 1.62. The van der Waals surface area contributed by atoms with Crippen LogP contribution in [0.2, 0.25) is 0 Å². The van der Waals surface area contributed by atoms with Gasteiger partial charge in [-0.05, 0) is 38.3 Å². The number of halogens is 1. The van der Waals surface area contributed by atoms with E-state index in [4.69, 9.17) is 9.47 Å². The number of guanidine groups is 1. The van der Waals surface area contributed by atoms with Gasteiger partial charge in [-0.2, -0.15) is 0 Å². The topological polar surface area (TPSA) is 84.0 Å². The Balaban J connectivity index is 0.00000480. The molecular weight excluding hydrogens is 507 g/mol. The van der Waals surface area contributed by atoms with Crippen molar-refractivity contribution in [3.63, 3.8) is 0 Å². The quantitative estimate of drug-likeness (QED) is 0.192. The first-order valence-corrected chi connectivity index (χ1v) is 10.9. The van der Waals surface area contributed by atoms with Crippen molar-refractivity contribution in [2.75, 3.05) is 32.8 Å². The normalized spacial score (nSPS) is 16.4. The Morgan fingerprint density at radius 3 is 2.61 bits per heavy atom. The molecule has 1 amide bonds. The standard InChI is InChI=1S/C23H38N4O3.HI/c1-6-24-22(26-12-11-25-21(28)23(3,4)5)27-15-18-10-9-17(2)14-20(18)30-16-19-8-7-13-29-19;/h9-10,14,19H,6-8,11-13,15-16H2,1-5H3,(H,25,28)(H2,24,26,27);1H. The fourth-order valence-electron chi connectivity index (χ4n) is 3.01. The van der Waals surface area contributed by atoms with Gasteiger partial charge < -0.3 is 25.4 Å². The van der Waals surface area contributed by atoms with Gasteiger partial charge in [0.15, 0.2) is 5.96 Å². The summed E-state index contributed by atoms with van der Waals surface area (Å²) < 4.78 is 11.7. The Hall–Kier alpha value is -1.55. The van der Waals surface area contributed by atoms with Gasteiger partial charge in [-0.25, -0.2) is 4.99 Å². The number of hydrogen-bond donors (Lipinski definition) is 3. The molecule has 0 saturated carbocycles. The van der Waals surface area contributed by atoms with Crippen LogP contribution in [0.25, 0.3) is 0 Å². The van der Waals surface area contributed by atoms with Crippen molar-refractivity contribution < 1.29 is 14.3 Å². The lowest BCUT2D eigenvalue weighted by atomic mass is 9.96. The van der Waals surface area contributed by atoms with E-state index in [0.29, 0.717) is 32.2 Å². The fourth-order valence-corrected chi connectivity index (χ4v) is 3.01. The summed E-state index contributed by atoms with van der Waals surface area (Å²) in [6.07, 6.45) is 2.34. The van der Waals surface area contributed by atoms with Crippen LogP contribution in [0, 0.1) is 12.3 Å². The Bertz CT molecular complexity index is 713. The van der Waals surface area contributed by atoms with E-state index in [1.807, 2.05) is 27.7 Å². The van der Waals surface area contributed by atoms with Gasteiger partial charge in [0.25, 0.3) is 0 Å². The second-order valence-corrected chi connectivity index (χ2v) is 8.69. The van der Waals surface area contributed by atoms with E-state index in [-0.39, 0.29) is 41.4 Å². The molecule has 1 saturated heterocycles. The molecule has 7 nitrogen and oxygen atoms in total. The van der Waals surface area contributed by atoms with E-state index in [2.05, 4.69) is 46.1 Å². The highest BCUT2D eigenvalue weighted by Gasteiger charge is 2.20. The van der Waals surface area contributed by atoms with Crippen LogP contribution in [0.4, 0.5) is 0 Å². The SMILES string of the molecule is CCNC(=NCc1ccc(C)cc1OCC1CCCO1)NCCNC(=O)C(C)(C)C.I. The van der Waals surface area contributed by atoms with E-state index >= 15 is 0 Å². The molecule has 0 aromatic heterocycles. The summed E-state index contributed by atoms with van der Waals surface area (Å²) in [4.78, 5) is 16.6. The molecule has 0 spiro atoms. The van der Waals surface area contributed by atoms with Crippen molar-refractivity contribution in [1.29, 1.82) is 0 Å².